The van der Waals surface area contributed by atoms with Crippen LogP contribution in [0, 0.1) is 0 Å². The zero-order valence-electron chi connectivity index (χ0n) is 12.8. The van der Waals surface area contributed by atoms with Crippen LogP contribution in [0.4, 0.5) is 5.69 Å². The number of hydrogen-bond donors (Lipinski definition) is 1. The van der Waals surface area contributed by atoms with Crippen molar-refractivity contribution in [2.75, 3.05) is 25.6 Å². The Morgan fingerprint density at radius 1 is 1.14 bits per heavy atom. The zero-order chi connectivity index (χ0) is 14.9. The summed E-state index contributed by atoms with van der Waals surface area (Å²) in [6.45, 7) is 5.23. The number of nitrogens with one attached hydrogen (secondary N) is 1. The number of methoxy groups -OCH3 is 1. The van der Waals surface area contributed by atoms with Crippen molar-refractivity contribution < 1.29 is 9.47 Å². The molecule has 1 aromatic carbocycles. The van der Waals surface area contributed by atoms with Crippen LogP contribution in [0.25, 0.3) is 0 Å². The third-order valence-corrected chi connectivity index (χ3v) is 3.25. The molecule has 1 aromatic heterocycles. The topological polar surface area (TPSA) is 35.4 Å². The molecule has 114 valence electrons. The Kier molecular flexibility index (Phi) is 6.16. The molecule has 0 aliphatic carbocycles. The zero-order valence-corrected chi connectivity index (χ0v) is 12.8. The van der Waals surface area contributed by atoms with Gasteiger partial charge in [0.25, 0.3) is 0 Å². The number of rotatable bonds is 9. The van der Waals surface area contributed by atoms with Gasteiger partial charge in [-0.05, 0) is 30.7 Å². The Bertz CT molecular complexity index is 537. The summed E-state index contributed by atoms with van der Waals surface area (Å²) >= 11 is 0. The summed E-state index contributed by atoms with van der Waals surface area (Å²) < 4.78 is 12.9. The van der Waals surface area contributed by atoms with Crippen molar-refractivity contribution in [3.8, 4) is 5.75 Å². The smallest absolute Gasteiger partial charge is 0.121 e. The largest absolute Gasteiger partial charge is 0.491 e. The van der Waals surface area contributed by atoms with Gasteiger partial charge in [-0.15, -0.1) is 0 Å². The van der Waals surface area contributed by atoms with E-state index in [4.69, 9.17) is 9.47 Å². The predicted octanol–water partition coefficient (Wildman–Crippen LogP) is 3.54. The second-order valence-electron chi connectivity index (χ2n) is 4.92. The Morgan fingerprint density at radius 2 is 2.05 bits per heavy atom. The van der Waals surface area contributed by atoms with Crippen molar-refractivity contribution in [2.45, 2.75) is 26.4 Å². The fourth-order valence-electron chi connectivity index (χ4n) is 2.20. The van der Waals surface area contributed by atoms with Crippen LogP contribution in [0.2, 0.25) is 0 Å². The summed E-state index contributed by atoms with van der Waals surface area (Å²) in [6.07, 6.45) is 3.27. The summed E-state index contributed by atoms with van der Waals surface area (Å²) in [5.41, 5.74) is 2.36. The fourth-order valence-corrected chi connectivity index (χ4v) is 2.20. The highest BCUT2D eigenvalue weighted by Crippen LogP contribution is 2.18. The predicted molar refractivity (Wildman–Crippen MR) is 85.9 cm³/mol. The van der Waals surface area contributed by atoms with Gasteiger partial charge < -0.3 is 19.4 Å². The van der Waals surface area contributed by atoms with Crippen molar-refractivity contribution in [1.29, 1.82) is 0 Å². The SMILES string of the molecule is CCCn1cccc1CNc1cccc(OCCOC)c1. The molecule has 4 heteroatoms. The first-order valence-corrected chi connectivity index (χ1v) is 7.43. The number of nitrogens with zero attached hydrogens (tertiary/aromatic N) is 1. The normalized spacial score (nSPS) is 10.6. The second-order valence-corrected chi connectivity index (χ2v) is 4.92. The molecule has 0 radical (unpaired) electrons. The van der Waals surface area contributed by atoms with E-state index in [2.05, 4.69) is 41.2 Å². The summed E-state index contributed by atoms with van der Waals surface area (Å²) in [4.78, 5) is 0. The van der Waals surface area contributed by atoms with Crippen molar-refractivity contribution >= 4 is 5.69 Å². The first kappa shape index (κ1) is 15.4. The molecular weight excluding hydrogens is 264 g/mol. The van der Waals surface area contributed by atoms with Gasteiger partial charge in [-0.3, -0.25) is 0 Å². The van der Waals surface area contributed by atoms with E-state index in [1.54, 1.807) is 7.11 Å². The summed E-state index contributed by atoms with van der Waals surface area (Å²) in [6, 6.07) is 12.3. The lowest BCUT2D eigenvalue weighted by atomic mass is 10.3. The average molecular weight is 288 g/mol. The molecule has 4 nitrogen and oxygen atoms in total. The fraction of sp³-hybridized carbons (Fsp3) is 0.412. The van der Waals surface area contributed by atoms with Crippen LogP contribution < -0.4 is 10.1 Å². The van der Waals surface area contributed by atoms with Gasteiger partial charge in [-0.25, -0.2) is 0 Å². The van der Waals surface area contributed by atoms with Gasteiger partial charge in [-0.2, -0.15) is 0 Å². The number of ether oxygens (including phenoxy) is 2. The van der Waals surface area contributed by atoms with Gasteiger partial charge in [-0.1, -0.05) is 13.0 Å². The third kappa shape index (κ3) is 4.83. The van der Waals surface area contributed by atoms with E-state index in [0.717, 1.165) is 30.9 Å². The molecule has 0 aliphatic heterocycles. The van der Waals surface area contributed by atoms with Gasteiger partial charge in [0.1, 0.15) is 12.4 Å². The molecule has 0 unspecified atom stereocenters. The summed E-state index contributed by atoms with van der Waals surface area (Å²) in [5, 5.41) is 3.44. The first-order chi connectivity index (χ1) is 10.3. The molecule has 0 aliphatic rings. The minimum atomic E-state index is 0.569. The standard InChI is InChI=1S/C17H24N2O2/c1-3-9-19-10-5-7-16(19)14-18-15-6-4-8-17(13-15)21-12-11-20-2/h4-8,10,13,18H,3,9,11-12,14H2,1-2H3. The molecule has 21 heavy (non-hydrogen) atoms. The van der Waals surface area contributed by atoms with E-state index >= 15 is 0 Å². The number of benzene rings is 1. The lowest BCUT2D eigenvalue weighted by Crippen LogP contribution is -2.07. The van der Waals surface area contributed by atoms with Crippen molar-refractivity contribution in [1.82, 2.24) is 4.57 Å². The van der Waals surface area contributed by atoms with E-state index < -0.39 is 0 Å². The highest BCUT2D eigenvalue weighted by atomic mass is 16.5. The minimum Gasteiger partial charge on any atom is -0.491 e. The van der Waals surface area contributed by atoms with Crippen molar-refractivity contribution in [2.24, 2.45) is 0 Å². The van der Waals surface area contributed by atoms with Crippen LogP contribution in [-0.4, -0.2) is 24.9 Å². The number of aromatic nitrogens is 1. The number of anilines is 1. The molecule has 1 N–H and O–H groups in total. The van der Waals surface area contributed by atoms with Gasteiger partial charge in [0, 0.05) is 37.3 Å². The minimum absolute atomic E-state index is 0.569. The molecule has 0 saturated carbocycles. The number of aryl methyl sites for hydroxylation is 1. The van der Waals surface area contributed by atoms with Crippen LogP contribution in [0.3, 0.4) is 0 Å². The third-order valence-electron chi connectivity index (χ3n) is 3.25. The Hall–Kier alpha value is -1.94. The maximum Gasteiger partial charge on any atom is 0.121 e. The van der Waals surface area contributed by atoms with E-state index in [1.165, 1.54) is 5.69 Å². The molecule has 0 spiro atoms. The first-order valence-electron chi connectivity index (χ1n) is 7.43. The summed E-state index contributed by atoms with van der Waals surface area (Å²) in [7, 11) is 1.67. The second kappa shape index (κ2) is 8.37. The van der Waals surface area contributed by atoms with Crippen LogP contribution in [-0.2, 0) is 17.8 Å². The van der Waals surface area contributed by atoms with Crippen LogP contribution >= 0.6 is 0 Å². The van der Waals surface area contributed by atoms with Crippen molar-refractivity contribution in [3.05, 3.63) is 48.3 Å². The maximum atomic E-state index is 5.62. The Balaban J connectivity index is 1.90. The molecule has 0 fully saturated rings. The Morgan fingerprint density at radius 3 is 2.86 bits per heavy atom. The molecule has 0 amide bonds. The quantitative estimate of drug-likeness (QED) is 0.717. The molecule has 1 heterocycles. The highest BCUT2D eigenvalue weighted by Gasteiger charge is 2.01. The van der Waals surface area contributed by atoms with Gasteiger partial charge in [0.05, 0.1) is 13.2 Å². The van der Waals surface area contributed by atoms with Gasteiger partial charge in [0.2, 0.25) is 0 Å². The van der Waals surface area contributed by atoms with Crippen LogP contribution in [0.5, 0.6) is 5.75 Å². The molecule has 2 aromatic rings. The van der Waals surface area contributed by atoms with Gasteiger partial charge >= 0.3 is 0 Å². The van der Waals surface area contributed by atoms with Gasteiger partial charge in [0.15, 0.2) is 0 Å². The van der Waals surface area contributed by atoms with Crippen LogP contribution in [0.1, 0.15) is 19.0 Å². The molecular formula is C17H24N2O2. The molecule has 0 saturated heterocycles. The number of hydrogen-bond acceptors (Lipinski definition) is 3. The molecule has 0 bridgehead atoms. The van der Waals surface area contributed by atoms with Crippen molar-refractivity contribution in [3.63, 3.8) is 0 Å². The lowest BCUT2D eigenvalue weighted by Gasteiger charge is -2.11. The Labute approximate surface area is 126 Å². The van der Waals surface area contributed by atoms with E-state index in [9.17, 15) is 0 Å². The maximum absolute atomic E-state index is 5.62. The van der Waals surface area contributed by atoms with E-state index in [1.807, 2.05) is 18.2 Å². The monoisotopic (exact) mass is 288 g/mol. The molecule has 0 atom stereocenters. The summed E-state index contributed by atoms with van der Waals surface area (Å²) in [5.74, 6) is 0.862. The lowest BCUT2D eigenvalue weighted by molar-refractivity contribution is 0.146. The molecule has 2 rings (SSSR count). The van der Waals surface area contributed by atoms with E-state index in [0.29, 0.717) is 13.2 Å². The average Bonchev–Trinajstić information content (AvgIpc) is 2.94. The van der Waals surface area contributed by atoms with Crippen LogP contribution in [0.15, 0.2) is 42.6 Å². The van der Waals surface area contributed by atoms with E-state index in [-0.39, 0.29) is 0 Å². The highest BCUT2D eigenvalue weighted by molar-refractivity contribution is 5.48.